The summed E-state index contributed by atoms with van der Waals surface area (Å²) >= 11 is 0. The number of nitrogens with zero attached hydrogens (tertiary/aromatic N) is 1. The molecule has 0 aromatic heterocycles. The van der Waals surface area contributed by atoms with E-state index in [2.05, 4.69) is 10.2 Å². The second-order valence-electron chi connectivity index (χ2n) is 5.33. The third-order valence-corrected chi connectivity index (χ3v) is 3.84. The first-order chi connectivity index (χ1) is 9.93. The number of piperazine rings is 1. The zero-order valence-corrected chi connectivity index (χ0v) is 12.0. The lowest BCUT2D eigenvalue weighted by molar-refractivity contribution is -0.140. The predicted molar refractivity (Wildman–Crippen MR) is 73.5 cm³/mol. The molecule has 1 atom stereocenters. The summed E-state index contributed by atoms with van der Waals surface area (Å²) in [6.07, 6.45) is -3.02. The van der Waals surface area contributed by atoms with Crippen molar-refractivity contribution in [3.8, 4) is 0 Å². The van der Waals surface area contributed by atoms with Gasteiger partial charge in [0.1, 0.15) is 5.82 Å². The number of nitrogens with one attached hydrogen (secondary N) is 1. The van der Waals surface area contributed by atoms with Crippen LogP contribution >= 0.6 is 0 Å². The minimum absolute atomic E-state index is 0.0844. The Morgan fingerprint density at radius 3 is 2.48 bits per heavy atom. The average Bonchev–Trinajstić information content (AvgIpc) is 2.45. The van der Waals surface area contributed by atoms with Gasteiger partial charge in [-0.2, -0.15) is 13.2 Å². The third kappa shape index (κ3) is 3.95. The van der Waals surface area contributed by atoms with Crippen molar-refractivity contribution in [1.29, 1.82) is 0 Å². The van der Waals surface area contributed by atoms with Crippen LogP contribution in [0.4, 0.5) is 17.6 Å². The summed E-state index contributed by atoms with van der Waals surface area (Å²) in [6.45, 7) is 5.25. The molecule has 2 nitrogen and oxygen atoms in total. The Kier molecular flexibility index (Phi) is 5.22. The highest BCUT2D eigenvalue weighted by atomic mass is 19.4. The van der Waals surface area contributed by atoms with Gasteiger partial charge in [0, 0.05) is 32.2 Å². The molecule has 1 N–H and O–H groups in total. The zero-order chi connectivity index (χ0) is 15.5. The van der Waals surface area contributed by atoms with Crippen molar-refractivity contribution < 1.29 is 17.6 Å². The summed E-state index contributed by atoms with van der Waals surface area (Å²) in [5.74, 6) is -1.21. The molecule has 0 bridgehead atoms. The van der Waals surface area contributed by atoms with Crippen molar-refractivity contribution in [2.45, 2.75) is 32.0 Å². The van der Waals surface area contributed by atoms with Gasteiger partial charge >= 0.3 is 6.18 Å². The van der Waals surface area contributed by atoms with E-state index < -0.39 is 17.6 Å². The van der Waals surface area contributed by atoms with Crippen LogP contribution in [0.3, 0.4) is 0 Å². The molecule has 1 aromatic rings. The van der Waals surface area contributed by atoms with Crippen LogP contribution in [0.25, 0.3) is 0 Å². The normalized spacial score (nSPS) is 18.7. The first-order valence-corrected chi connectivity index (χ1v) is 7.25. The van der Waals surface area contributed by atoms with Crippen molar-refractivity contribution >= 4 is 0 Å². The van der Waals surface area contributed by atoms with E-state index >= 15 is 0 Å². The van der Waals surface area contributed by atoms with E-state index in [-0.39, 0.29) is 6.04 Å². The Hall–Kier alpha value is -1.14. The molecule has 1 aromatic carbocycles. The highest BCUT2D eigenvalue weighted by Crippen LogP contribution is 2.35. The van der Waals surface area contributed by atoms with Gasteiger partial charge in [0.25, 0.3) is 0 Å². The second kappa shape index (κ2) is 6.75. The fourth-order valence-electron chi connectivity index (χ4n) is 2.79. The van der Waals surface area contributed by atoms with E-state index in [4.69, 9.17) is 0 Å². The van der Waals surface area contributed by atoms with E-state index in [0.717, 1.165) is 51.2 Å². The van der Waals surface area contributed by atoms with Gasteiger partial charge in [-0.15, -0.1) is 0 Å². The summed E-state index contributed by atoms with van der Waals surface area (Å²) in [7, 11) is 0. The molecule has 1 aliphatic rings. The molecule has 1 saturated heterocycles. The number of alkyl halides is 3. The first kappa shape index (κ1) is 16.2. The Labute approximate surface area is 122 Å². The summed E-state index contributed by atoms with van der Waals surface area (Å²) in [4.78, 5) is 2.17. The summed E-state index contributed by atoms with van der Waals surface area (Å²) in [5, 5.41) is 3.23. The maximum absolute atomic E-state index is 13.4. The molecule has 1 fully saturated rings. The molecule has 21 heavy (non-hydrogen) atoms. The zero-order valence-electron chi connectivity index (χ0n) is 12.0. The SMILES string of the molecule is CCC[C@@H](c1ccc(F)c(C(F)(F)F)c1)N1CCNCC1. The van der Waals surface area contributed by atoms with Crippen LogP contribution < -0.4 is 5.32 Å². The quantitative estimate of drug-likeness (QED) is 0.855. The lowest BCUT2D eigenvalue weighted by atomic mass is 9.97. The Bertz CT molecular complexity index is 467. The minimum atomic E-state index is -4.65. The van der Waals surface area contributed by atoms with E-state index in [1.54, 1.807) is 0 Å². The molecular formula is C15H20F4N2. The number of halogens is 4. The summed E-state index contributed by atoms with van der Waals surface area (Å²) < 4.78 is 52.0. The van der Waals surface area contributed by atoms with Gasteiger partial charge in [0.2, 0.25) is 0 Å². The van der Waals surface area contributed by atoms with Crippen LogP contribution in [0.5, 0.6) is 0 Å². The van der Waals surface area contributed by atoms with E-state index in [9.17, 15) is 17.6 Å². The molecule has 6 heteroatoms. The summed E-state index contributed by atoms with van der Waals surface area (Å²) in [6, 6.07) is 3.30. The van der Waals surface area contributed by atoms with Crippen LogP contribution in [0.15, 0.2) is 18.2 Å². The molecule has 1 aliphatic heterocycles. The fraction of sp³-hybridized carbons (Fsp3) is 0.600. The maximum atomic E-state index is 13.4. The van der Waals surface area contributed by atoms with Gasteiger partial charge in [0.05, 0.1) is 5.56 Å². The smallest absolute Gasteiger partial charge is 0.314 e. The Balaban J connectivity index is 2.31. The Morgan fingerprint density at radius 2 is 1.90 bits per heavy atom. The van der Waals surface area contributed by atoms with E-state index in [1.807, 2.05) is 6.92 Å². The van der Waals surface area contributed by atoms with Crippen molar-refractivity contribution in [2.75, 3.05) is 26.2 Å². The first-order valence-electron chi connectivity index (χ1n) is 7.25. The molecule has 0 unspecified atom stereocenters. The second-order valence-corrected chi connectivity index (χ2v) is 5.33. The van der Waals surface area contributed by atoms with Gasteiger partial charge < -0.3 is 5.32 Å². The lowest BCUT2D eigenvalue weighted by Crippen LogP contribution is -2.45. The van der Waals surface area contributed by atoms with Gasteiger partial charge in [-0.25, -0.2) is 4.39 Å². The Morgan fingerprint density at radius 1 is 1.24 bits per heavy atom. The largest absolute Gasteiger partial charge is 0.419 e. The average molecular weight is 304 g/mol. The van der Waals surface area contributed by atoms with E-state index in [0.29, 0.717) is 5.56 Å². The van der Waals surface area contributed by atoms with E-state index in [1.165, 1.54) is 6.07 Å². The van der Waals surface area contributed by atoms with Crippen molar-refractivity contribution in [3.63, 3.8) is 0 Å². The van der Waals surface area contributed by atoms with Crippen LogP contribution in [-0.4, -0.2) is 31.1 Å². The van der Waals surface area contributed by atoms with Gasteiger partial charge in [-0.1, -0.05) is 19.4 Å². The monoisotopic (exact) mass is 304 g/mol. The van der Waals surface area contributed by atoms with Crippen LogP contribution in [0.1, 0.15) is 36.9 Å². The molecule has 0 amide bonds. The van der Waals surface area contributed by atoms with Crippen molar-refractivity contribution in [3.05, 3.63) is 35.1 Å². The highest BCUT2D eigenvalue weighted by Gasteiger charge is 2.35. The number of hydrogen-bond donors (Lipinski definition) is 1. The van der Waals surface area contributed by atoms with Crippen LogP contribution in [0, 0.1) is 5.82 Å². The van der Waals surface area contributed by atoms with Gasteiger partial charge in [-0.05, 0) is 24.1 Å². The minimum Gasteiger partial charge on any atom is -0.314 e. The van der Waals surface area contributed by atoms with Crippen molar-refractivity contribution in [2.24, 2.45) is 0 Å². The van der Waals surface area contributed by atoms with Crippen LogP contribution in [-0.2, 0) is 6.18 Å². The molecule has 0 spiro atoms. The molecule has 0 radical (unpaired) electrons. The predicted octanol–water partition coefficient (Wildman–Crippen LogP) is 3.59. The van der Waals surface area contributed by atoms with Crippen LogP contribution in [0.2, 0.25) is 0 Å². The standard InChI is InChI=1S/C15H20F4N2/c1-2-3-14(21-8-6-20-7-9-21)11-4-5-13(16)12(10-11)15(17,18)19/h4-5,10,14,20H,2-3,6-9H2,1H3/t14-/m0/s1. The molecule has 2 rings (SSSR count). The lowest BCUT2D eigenvalue weighted by Gasteiger charge is -2.35. The fourth-order valence-corrected chi connectivity index (χ4v) is 2.79. The van der Waals surface area contributed by atoms with Gasteiger partial charge in [0.15, 0.2) is 0 Å². The number of benzene rings is 1. The molecule has 0 aliphatic carbocycles. The molecule has 118 valence electrons. The highest BCUT2D eigenvalue weighted by molar-refractivity contribution is 5.29. The number of hydrogen-bond acceptors (Lipinski definition) is 2. The topological polar surface area (TPSA) is 15.3 Å². The number of rotatable bonds is 4. The third-order valence-electron chi connectivity index (χ3n) is 3.84. The molecule has 1 heterocycles. The maximum Gasteiger partial charge on any atom is 0.419 e. The van der Waals surface area contributed by atoms with Gasteiger partial charge in [-0.3, -0.25) is 4.90 Å². The molecular weight excluding hydrogens is 284 g/mol. The molecule has 0 saturated carbocycles. The summed E-state index contributed by atoms with van der Waals surface area (Å²) in [5.41, 5.74) is -0.622. The van der Waals surface area contributed by atoms with Crippen molar-refractivity contribution in [1.82, 2.24) is 10.2 Å².